The lowest BCUT2D eigenvalue weighted by Gasteiger charge is -2.39. The summed E-state index contributed by atoms with van der Waals surface area (Å²) in [7, 11) is 1.59. The Kier molecular flexibility index (Phi) is 3.44. The van der Waals surface area contributed by atoms with Gasteiger partial charge >= 0.3 is 0 Å². The van der Waals surface area contributed by atoms with Crippen molar-refractivity contribution in [2.24, 2.45) is 16.7 Å². The number of phenolic OH excluding ortho intramolecular Hbond substituents is 1. The molecule has 0 aliphatic heterocycles. The molecule has 3 atom stereocenters. The van der Waals surface area contributed by atoms with Gasteiger partial charge in [0.05, 0.1) is 7.11 Å². The van der Waals surface area contributed by atoms with Crippen LogP contribution in [0.25, 0.3) is 0 Å². The number of rotatable bonds is 4. The first kappa shape index (κ1) is 14.7. The zero-order valence-corrected chi connectivity index (χ0v) is 13.6. The Bertz CT molecular complexity index is 540. The fourth-order valence-electron chi connectivity index (χ4n) is 4.62. The number of nitrogens with one attached hydrogen (secondary N) is 1. The minimum Gasteiger partial charge on any atom is -0.504 e. The largest absolute Gasteiger partial charge is 0.504 e. The molecule has 0 aromatic heterocycles. The number of ether oxygens (including phenoxy) is 1. The Labute approximate surface area is 127 Å². The molecule has 2 N–H and O–H groups in total. The third-order valence-corrected chi connectivity index (χ3v) is 6.64. The summed E-state index contributed by atoms with van der Waals surface area (Å²) in [4.78, 5) is 0. The second kappa shape index (κ2) is 4.91. The number of benzene rings is 1. The van der Waals surface area contributed by atoms with Crippen LogP contribution in [-0.4, -0.2) is 18.3 Å². The van der Waals surface area contributed by atoms with E-state index in [1.807, 2.05) is 12.1 Å². The number of para-hydroxylation sites is 1. The van der Waals surface area contributed by atoms with E-state index in [4.69, 9.17) is 4.74 Å². The Morgan fingerprint density at radius 1 is 1.33 bits per heavy atom. The molecule has 2 bridgehead atoms. The maximum atomic E-state index is 10.2. The maximum absolute atomic E-state index is 10.2. The van der Waals surface area contributed by atoms with Crippen LogP contribution in [0.2, 0.25) is 0 Å². The van der Waals surface area contributed by atoms with Gasteiger partial charge in [-0.15, -0.1) is 0 Å². The third-order valence-electron chi connectivity index (χ3n) is 6.64. The smallest absolute Gasteiger partial charge is 0.162 e. The standard InChI is InChI=1S/C18H27NO2/c1-17(2)13-8-9-18(17,3)15(10-13)19-11-12-6-5-7-14(21-4)16(12)20/h5-7,13,15,19-20H,8-11H2,1-4H3/t13-,15+,18-/m1/s1. The van der Waals surface area contributed by atoms with Crippen LogP contribution in [-0.2, 0) is 6.54 Å². The topological polar surface area (TPSA) is 41.5 Å². The van der Waals surface area contributed by atoms with Crippen molar-refractivity contribution >= 4 is 0 Å². The predicted molar refractivity (Wildman–Crippen MR) is 84.5 cm³/mol. The van der Waals surface area contributed by atoms with Crippen LogP contribution in [0.4, 0.5) is 0 Å². The average Bonchev–Trinajstić information content (AvgIpc) is 2.79. The highest BCUT2D eigenvalue weighted by Crippen LogP contribution is 2.65. The summed E-state index contributed by atoms with van der Waals surface area (Å²) < 4.78 is 5.18. The number of hydrogen-bond donors (Lipinski definition) is 2. The minimum absolute atomic E-state index is 0.264. The van der Waals surface area contributed by atoms with Crippen molar-refractivity contribution in [2.45, 2.75) is 52.6 Å². The average molecular weight is 289 g/mol. The van der Waals surface area contributed by atoms with E-state index in [0.717, 1.165) is 11.5 Å². The molecule has 2 saturated carbocycles. The van der Waals surface area contributed by atoms with Gasteiger partial charge in [0.2, 0.25) is 0 Å². The molecule has 1 aromatic carbocycles. The molecule has 0 amide bonds. The molecule has 0 spiro atoms. The van der Waals surface area contributed by atoms with Crippen molar-refractivity contribution in [3.63, 3.8) is 0 Å². The normalized spacial score (nSPS) is 33.3. The Hall–Kier alpha value is -1.22. The molecular weight excluding hydrogens is 262 g/mol. The zero-order chi connectivity index (χ0) is 15.3. The van der Waals surface area contributed by atoms with Crippen LogP contribution in [0.15, 0.2) is 18.2 Å². The first-order valence-electron chi connectivity index (χ1n) is 7.98. The van der Waals surface area contributed by atoms with E-state index in [9.17, 15) is 5.11 Å². The molecule has 2 aliphatic carbocycles. The van der Waals surface area contributed by atoms with Crippen molar-refractivity contribution in [1.82, 2.24) is 5.32 Å². The van der Waals surface area contributed by atoms with Gasteiger partial charge in [0.1, 0.15) is 0 Å². The highest BCUT2D eigenvalue weighted by Gasteiger charge is 2.60. The predicted octanol–water partition coefficient (Wildman–Crippen LogP) is 3.71. The molecule has 0 saturated heterocycles. The third kappa shape index (κ3) is 2.05. The Morgan fingerprint density at radius 3 is 2.67 bits per heavy atom. The number of methoxy groups -OCH3 is 1. The molecule has 3 rings (SSSR count). The lowest BCUT2D eigenvalue weighted by atomic mass is 9.69. The quantitative estimate of drug-likeness (QED) is 0.888. The van der Waals surface area contributed by atoms with E-state index >= 15 is 0 Å². The summed E-state index contributed by atoms with van der Waals surface area (Å²) in [6.07, 6.45) is 3.94. The lowest BCUT2D eigenvalue weighted by molar-refractivity contribution is 0.120. The Balaban J connectivity index is 1.73. The first-order chi connectivity index (χ1) is 9.90. The van der Waals surface area contributed by atoms with Gasteiger partial charge in [-0.1, -0.05) is 32.9 Å². The SMILES string of the molecule is COc1cccc(CN[C@H]2C[C@H]3CC[C@@]2(C)C3(C)C)c1O. The van der Waals surface area contributed by atoms with E-state index in [-0.39, 0.29) is 5.75 Å². The molecule has 0 unspecified atom stereocenters. The molecule has 2 fully saturated rings. The van der Waals surface area contributed by atoms with Gasteiger partial charge in [-0.2, -0.15) is 0 Å². The van der Waals surface area contributed by atoms with Crippen LogP contribution in [0.3, 0.4) is 0 Å². The molecule has 3 heteroatoms. The monoisotopic (exact) mass is 289 g/mol. The van der Waals surface area contributed by atoms with Crippen LogP contribution in [0.5, 0.6) is 11.5 Å². The van der Waals surface area contributed by atoms with Gasteiger partial charge in [-0.3, -0.25) is 0 Å². The van der Waals surface area contributed by atoms with E-state index in [1.165, 1.54) is 19.3 Å². The van der Waals surface area contributed by atoms with E-state index < -0.39 is 0 Å². The fourth-order valence-corrected chi connectivity index (χ4v) is 4.62. The second-order valence-electron chi connectivity index (χ2n) is 7.51. The molecule has 3 nitrogen and oxygen atoms in total. The number of phenols is 1. The van der Waals surface area contributed by atoms with Crippen LogP contribution in [0, 0.1) is 16.7 Å². The lowest BCUT2D eigenvalue weighted by Crippen LogP contribution is -2.44. The Morgan fingerprint density at radius 2 is 2.10 bits per heavy atom. The number of fused-ring (bicyclic) bond motifs is 2. The van der Waals surface area contributed by atoms with Gasteiger partial charge in [-0.05, 0) is 42.1 Å². The second-order valence-corrected chi connectivity index (χ2v) is 7.51. The molecule has 21 heavy (non-hydrogen) atoms. The van der Waals surface area contributed by atoms with E-state index in [2.05, 4.69) is 26.1 Å². The summed E-state index contributed by atoms with van der Waals surface area (Å²) in [5.74, 6) is 1.65. The summed E-state index contributed by atoms with van der Waals surface area (Å²) in [6.45, 7) is 7.99. The summed E-state index contributed by atoms with van der Waals surface area (Å²) in [6, 6.07) is 6.23. The first-order valence-corrected chi connectivity index (χ1v) is 7.98. The molecule has 1 aromatic rings. The number of hydrogen-bond acceptors (Lipinski definition) is 3. The van der Waals surface area contributed by atoms with Gasteiger partial charge < -0.3 is 15.2 Å². The van der Waals surface area contributed by atoms with Crippen LogP contribution < -0.4 is 10.1 Å². The summed E-state index contributed by atoms with van der Waals surface area (Å²) in [5.41, 5.74) is 1.70. The van der Waals surface area contributed by atoms with Gasteiger partial charge in [-0.25, -0.2) is 0 Å². The van der Waals surface area contributed by atoms with Gasteiger partial charge in [0.25, 0.3) is 0 Å². The summed E-state index contributed by atoms with van der Waals surface area (Å²) in [5, 5.41) is 13.9. The van der Waals surface area contributed by atoms with E-state index in [0.29, 0.717) is 29.2 Å². The number of aromatic hydroxyl groups is 1. The van der Waals surface area contributed by atoms with Crippen molar-refractivity contribution in [1.29, 1.82) is 0 Å². The van der Waals surface area contributed by atoms with Crippen molar-refractivity contribution in [2.75, 3.05) is 7.11 Å². The maximum Gasteiger partial charge on any atom is 0.162 e. The highest BCUT2D eigenvalue weighted by atomic mass is 16.5. The van der Waals surface area contributed by atoms with Crippen molar-refractivity contribution in [3.05, 3.63) is 23.8 Å². The van der Waals surface area contributed by atoms with Crippen molar-refractivity contribution < 1.29 is 9.84 Å². The molecule has 0 heterocycles. The summed E-state index contributed by atoms with van der Waals surface area (Å²) >= 11 is 0. The highest BCUT2D eigenvalue weighted by molar-refractivity contribution is 5.45. The van der Waals surface area contributed by atoms with Crippen molar-refractivity contribution in [3.8, 4) is 11.5 Å². The molecule has 2 aliphatic rings. The molecule has 116 valence electrons. The molecule has 0 radical (unpaired) electrons. The van der Waals surface area contributed by atoms with Crippen LogP contribution >= 0.6 is 0 Å². The molecular formula is C18H27NO2. The zero-order valence-electron chi connectivity index (χ0n) is 13.6. The van der Waals surface area contributed by atoms with Gasteiger partial charge in [0.15, 0.2) is 11.5 Å². The van der Waals surface area contributed by atoms with Gasteiger partial charge in [0, 0.05) is 18.2 Å². The van der Waals surface area contributed by atoms with E-state index in [1.54, 1.807) is 13.2 Å². The van der Waals surface area contributed by atoms with Crippen LogP contribution in [0.1, 0.15) is 45.6 Å². The minimum atomic E-state index is 0.264. The fraction of sp³-hybridized carbons (Fsp3) is 0.667.